The fourth-order valence-electron chi connectivity index (χ4n) is 1.69. The second-order valence-corrected chi connectivity index (χ2v) is 5.18. The number of aryl methyl sites for hydroxylation is 1. The Hall–Kier alpha value is -1.61. The molecule has 0 bridgehead atoms. The van der Waals surface area contributed by atoms with Crippen LogP contribution in [0.4, 0.5) is 5.69 Å². The van der Waals surface area contributed by atoms with Crippen molar-refractivity contribution in [2.24, 2.45) is 0 Å². The quantitative estimate of drug-likeness (QED) is 0.693. The van der Waals surface area contributed by atoms with E-state index in [1.165, 1.54) is 5.56 Å². The minimum Gasteiger partial charge on any atom is -0.398 e. The van der Waals surface area contributed by atoms with Gasteiger partial charge in [-0.25, -0.2) is 0 Å². The third-order valence-corrected chi connectivity index (χ3v) is 3.49. The molecule has 92 valence electrons. The van der Waals surface area contributed by atoms with Gasteiger partial charge in [-0.05, 0) is 46.6 Å². The summed E-state index contributed by atoms with van der Waals surface area (Å²) in [6, 6.07) is 13.3. The zero-order chi connectivity index (χ0) is 13.1. The predicted molar refractivity (Wildman–Crippen MR) is 77.8 cm³/mol. The Labute approximate surface area is 115 Å². The van der Waals surface area contributed by atoms with Crippen molar-refractivity contribution >= 4 is 27.4 Å². The van der Waals surface area contributed by atoms with E-state index in [1.807, 2.05) is 31.2 Å². The Morgan fingerprint density at radius 3 is 2.44 bits per heavy atom. The van der Waals surface area contributed by atoms with Crippen LogP contribution < -0.4 is 5.73 Å². The molecule has 0 heterocycles. The summed E-state index contributed by atoms with van der Waals surface area (Å²) in [6.45, 7) is 2.03. The first-order chi connectivity index (χ1) is 8.56. The number of anilines is 1. The van der Waals surface area contributed by atoms with E-state index in [0.29, 0.717) is 17.7 Å². The summed E-state index contributed by atoms with van der Waals surface area (Å²) in [5.41, 5.74) is 9.24. The highest BCUT2D eigenvalue weighted by molar-refractivity contribution is 9.10. The van der Waals surface area contributed by atoms with Crippen LogP contribution in [0, 0.1) is 6.92 Å². The van der Waals surface area contributed by atoms with Crippen LogP contribution in [0.25, 0.3) is 0 Å². The zero-order valence-corrected chi connectivity index (χ0v) is 11.7. The third-order valence-electron chi connectivity index (χ3n) is 2.81. The number of Topliss-reactive ketones (excluding diaryl/α,β-unsaturated/α-hetero) is 1. The molecule has 2 aromatic rings. The third kappa shape index (κ3) is 2.99. The normalized spacial score (nSPS) is 10.3. The second kappa shape index (κ2) is 5.36. The Morgan fingerprint density at radius 2 is 1.83 bits per heavy atom. The highest BCUT2D eigenvalue weighted by Crippen LogP contribution is 2.21. The maximum Gasteiger partial charge on any atom is 0.167 e. The van der Waals surface area contributed by atoms with E-state index in [4.69, 9.17) is 5.73 Å². The van der Waals surface area contributed by atoms with Crippen molar-refractivity contribution in [1.82, 2.24) is 0 Å². The SMILES string of the molecule is Cc1ccc(CC(=O)c2ccc(N)c(Br)c2)cc1. The molecule has 0 aliphatic heterocycles. The van der Waals surface area contributed by atoms with Gasteiger partial charge in [0.1, 0.15) is 0 Å². The van der Waals surface area contributed by atoms with E-state index >= 15 is 0 Å². The van der Waals surface area contributed by atoms with Crippen LogP contribution in [-0.4, -0.2) is 5.78 Å². The molecule has 0 aliphatic carbocycles. The summed E-state index contributed by atoms with van der Waals surface area (Å²) >= 11 is 3.33. The predicted octanol–water partition coefficient (Wildman–Crippen LogP) is 3.77. The Kier molecular flexibility index (Phi) is 3.82. The van der Waals surface area contributed by atoms with Gasteiger partial charge in [-0.15, -0.1) is 0 Å². The highest BCUT2D eigenvalue weighted by atomic mass is 79.9. The monoisotopic (exact) mass is 303 g/mol. The van der Waals surface area contributed by atoms with Crippen LogP contribution in [0.15, 0.2) is 46.9 Å². The maximum atomic E-state index is 12.1. The number of carbonyl (C=O) groups is 1. The smallest absolute Gasteiger partial charge is 0.167 e. The molecule has 0 saturated heterocycles. The lowest BCUT2D eigenvalue weighted by Gasteiger charge is -2.04. The van der Waals surface area contributed by atoms with E-state index in [0.717, 1.165) is 10.0 Å². The standard InChI is InChI=1S/C15H14BrNO/c1-10-2-4-11(5-3-10)8-15(18)12-6-7-14(17)13(16)9-12/h2-7,9H,8,17H2,1H3. The molecule has 0 spiro atoms. The molecule has 2 rings (SSSR count). The van der Waals surface area contributed by atoms with Gasteiger partial charge in [-0.3, -0.25) is 4.79 Å². The molecule has 2 N–H and O–H groups in total. The van der Waals surface area contributed by atoms with Crippen LogP contribution in [0.3, 0.4) is 0 Å². The fraction of sp³-hybridized carbons (Fsp3) is 0.133. The molecule has 18 heavy (non-hydrogen) atoms. The Morgan fingerprint density at radius 1 is 1.17 bits per heavy atom. The molecule has 3 heteroatoms. The van der Waals surface area contributed by atoms with Gasteiger partial charge >= 0.3 is 0 Å². The first kappa shape index (κ1) is 12.8. The van der Waals surface area contributed by atoms with Crippen molar-refractivity contribution in [1.29, 1.82) is 0 Å². The lowest BCUT2D eigenvalue weighted by molar-refractivity contribution is 0.0993. The van der Waals surface area contributed by atoms with Crippen molar-refractivity contribution < 1.29 is 4.79 Å². The second-order valence-electron chi connectivity index (χ2n) is 4.32. The molecule has 0 atom stereocenters. The molecule has 0 saturated carbocycles. The average molecular weight is 304 g/mol. The van der Waals surface area contributed by atoms with Crippen molar-refractivity contribution in [3.05, 3.63) is 63.6 Å². The molecule has 0 amide bonds. The Balaban J connectivity index is 2.16. The number of halogens is 1. The van der Waals surface area contributed by atoms with E-state index in [2.05, 4.69) is 15.9 Å². The number of hydrogen-bond donors (Lipinski definition) is 1. The number of rotatable bonds is 3. The minimum atomic E-state index is 0.0968. The van der Waals surface area contributed by atoms with Crippen LogP contribution in [-0.2, 0) is 6.42 Å². The van der Waals surface area contributed by atoms with Crippen LogP contribution >= 0.6 is 15.9 Å². The van der Waals surface area contributed by atoms with E-state index in [-0.39, 0.29) is 5.78 Å². The molecular formula is C15H14BrNO. The summed E-state index contributed by atoms with van der Waals surface area (Å²) in [5, 5.41) is 0. The number of hydrogen-bond acceptors (Lipinski definition) is 2. The van der Waals surface area contributed by atoms with E-state index < -0.39 is 0 Å². The maximum absolute atomic E-state index is 12.1. The van der Waals surface area contributed by atoms with Crippen molar-refractivity contribution in [3.63, 3.8) is 0 Å². The first-order valence-corrected chi connectivity index (χ1v) is 6.49. The summed E-state index contributed by atoms with van der Waals surface area (Å²) < 4.78 is 0.761. The van der Waals surface area contributed by atoms with Crippen LogP contribution in [0.5, 0.6) is 0 Å². The van der Waals surface area contributed by atoms with Crippen LogP contribution in [0.2, 0.25) is 0 Å². The topological polar surface area (TPSA) is 43.1 Å². The Bertz CT molecular complexity index is 576. The summed E-state index contributed by atoms with van der Waals surface area (Å²) in [7, 11) is 0. The molecule has 2 aromatic carbocycles. The van der Waals surface area contributed by atoms with Gasteiger partial charge in [-0.1, -0.05) is 29.8 Å². The lowest BCUT2D eigenvalue weighted by atomic mass is 10.0. The zero-order valence-electron chi connectivity index (χ0n) is 10.1. The van der Waals surface area contributed by atoms with Gasteiger partial charge in [0.05, 0.1) is 0 Å². The minimum absolute atomic E-state index is 0.0968. The molecule has 0 aliphatic rings. The van der Waals surface area contributed by atoms with Gasteiger partial charge in [0, 0.05) is 22.1 Å². The fourth-order valence-corrected chi connectivity index (χ4v) is 2.07. The van der Waals surface area contributed by atoms with Crippen LogP contribution in [0.1, 0.15) is 21.5 Å². The van der Waals surface area contributed by atoms with Gasteiger partial charge in [0.2, 0.25) is 0 Å². The number of benzene rings is 2. The summed E-state index contributed by atoms with van der Waals surface area (Å²) in [5.74, 6) is 0.0968. The molecule has 0 unspecified atom stereocenters. The van der Waals surface area contributed by atoms with E-state index in [9.17, 15) is 4.79 Å². The van der Waals surface area contributed by atoms with Gasteiger partial charge < -0.3 is 5.73 Å². The molecular weight excluding hydrogens is 290 g/mol. The first-order valence-electron chi connectivity index (χ1n) is 5.70. The van der Waals surface area contributed by atoms with Gasteiger partial charge in [-0.2, -0.15) is 0 Å². The van der Waals surface area contributed by atoms with Gasteiger partial charge in [0.25, 0.3) is 0 Å². The lowest BCUT2D eigenvalue weighted by Crippen LogP contribution is -2.04. The van der Waals surface area contributed by atoms with E-state index in [1.54, 1.807) is 18.2 Å². The summed E-state index contributed by atoms with van der Waals surface area (Å²) in [4.78, 5) is 12.1. The molecule has 0 fully saturated rings. The molecule has 0 radical (unpaired) electrons. The van der Waals surface area contributed by atoms with Crippen molar-refractivity contribution in [2.45, 2.75) is 13.3 Å². The highest BCUT2D eigenvalue weighted by Gasteiger charge is 2.08. The number of carbonyl (C=O) groups excluding carboxylic acids is 1. The average Bonchev–Trinajstić information content (AvgIpc) is 2.35. The largest absolute Gasteiger partial charge is 0.398 e. The van der Waals surface area contributed by atoms with Crippen molar-refractivity contribution in [3.8, 4) is 0 Å². The number of nitrogen functional groups attached to an aromatic ring is 1. The number of nitrogens with two attached hydrogens (primary N) is 1. The molecule has 0 aromatic heterocycles. The summed E-state index contributed by atoms with van der Waals surface area (Å²) in [6.07, 6.45) is 0.413. The van der Waals surface area contributed by atoms with Gasteiger partial charge in [0.15, 0.2) is 5.78 Å². The van der Waals surface area contributed by atoms with Crippen molar-refractivity contribution in [2.75, 3.05) is 5.73 Å². The molecule has 2 nitrogen and oxygen atoms in total. The number of ketones is 1.